The maximum atomic E-state index is 10.2. The smallest absolute Gasteiger partial charge is 0.0668 e. The van der Waals surface area contributed by atoms with Gasteiger partial charge in [0, 0.05) is 5.92 Å². The Hall–Kier alpha value is -1.02. The van der Waals surface area contributed by atoms with Gasteiger partial charge in [-0.15, -0.1) is 23.2 Å². The fraction of sp³-hybridized carbons (Fsp3) is 0.294. The molecule has 0 saturated heterocycles. The Morgan fingerprint density at radius 1 is 0.900 bits per heavy atom. The highest BCUT2D eigenvalue weighted by Gasteiger charge is 2.57. The van der Waals surface area contributed by atoms with E-state index >= 15 is 0 Å². The number of aliphatic hydroxyl groups is 1. The summed E-state index contributed by atoms with van der Waals surface area (Å²) in [5, 5.41) is 9.70. The molecule has 2 atom stereocenters. The molecule has 20 heavy (non-hydrogen) atoms. The Balaban J connectivity index is 2.14. The third-order valence-corrected chi connectivity index (χ3v) is 6.15. The Labute approximate surface area is 128 Å². The summed E-state index contributed by atoms with van der Waals surface area (Å²) in [5.41, 5.74) is 4.08. The maximum absolute atomic E-state index is 10.2. The van der Waals surface area contributed by atoms with Gasteiger partial charge in [0.15, 0.2) is 0 Å². The summed E-state index contributed by atoms with van der Waals surface area (Å²) in [6, 6.07) is 16.4. The van der Waals surface area contributed by atoms with Crippen molar-refractivity contribution in [2.75, 3.05) is 6.61 Å². The van der Waals surface area contributed by atoms with Crippen molar-refractivity contribution in [3.05, 3.63) is 70.8 Å². The lowest BCUT2D eigenvalue weighted by atomic mass is 9.55. The highest BCUT2D eigenvalue weighted by molar-refractivity contribution is 6.32. The Morgan fingerprint density at radius 3 is 1.90 bits per heavy atom. The monoisotopic (exact) mass is 304 g/mol. The molecule has 5 rings (SSSR count). The van der Waals surface area contributed by atoms with Crippen LogP contribution in [0.1, 0.15) is 28.2 Å². The van der Waals surface area contributed by atoms with E-state index in [1.807, 2.05) is 24.3 Å². The van der Waals surface area contributed by atoms with E-state index in [1.165, 1.54) is 11.1 Å². The molecular weight excluding hydrogens is 291 g/mol. The van der Waals surface area contributed by atoms with Crippen LogP contribution in [0.25, 0.3) is 0 Å². The molecule has 0 radical (unpaired) electrons. The lowest BCUT2D eigenvalue weighted by Gasteiger charge is -2.53. The van der Waals surface area contributed by atoms with Crippen molar-refractivity contribution in [3.8, 4) is 0 Å². The molecule has 1 nitrogen and oxygen atoms in total. The SMILES string of the molecule is OCC12c3ccccc3C(c3ccccc31)[C@@H](Cl)[C@@H]2Cl. The van der Waals surface area contributed by atoms with Gasteiger partial charge in [0.1, 0.15) is 0 Å². The normalized spacial score (nSPS) is 33.6. The van der Waals surface area contributed by atoms with E-state index in [2.05, 4.69) is 24.3 Å². The van der Waals surface area contributed by atoms with Crippen LogP contribution < -0.4 is 0 Å². The molecule has 0 amide bonds. The predicted molar refractivity (Wildman–Crippen MR) is 81.9 cm³/mol. The summed E-state index contributed by atoms with van der Waals surface area (Å²) in [5.74, 6) is 0.111. The molecule has 2 aromatic rings. The summed E-state index contributed by atoms with van der Waals surface area (Å²) in [6.07, 6.45) is 0. The molecular formula is C17H14Cl2O. The van der Waals surface area contributed by atoms with Gasteiger partial charge in [-0.25, -0.2) is 0 Å². The second-order valence-electron chi connectivity index (χ2n) is 5.63. The van der Waals surface area contributed by atoms with Gasteiger partial charge in [-0.05, 0) is 22.3 Å². The largest absolute Gasteiger partial charge is 0.395 e. The van der Waals surface area contributed by atoms with Crippen LogP contribution in [0.2, 0.25) is 0 Å². The van der Waals surface area contributed by atoms with Gasteiger partial charge in [0.2, 0.25) is 0 Å². The van der Waals surface area contributed by atoms with Gasteiger partial charge in [-0.2, -0.15) is 0 Å². The van der Waals surface area contributed by atoms with Gasteiger partial charge in [0.25, 0.3) is 0 Å². The van der Waals surface area contributed by atoms with E-state index in [0.717, 1.165) is 11.1 Å². The number of alkyl halides is 2. The quantitative estimate of drug-likeness (QED) is 0.798. The summed E-state index contributed by atoms with van der Waals surface area (Å²) >= 11 is 13.3. The predicted octanol–water partition coefficient (Wildman–Crippen LogP) is 3.64. The molecule has 0 spiro atoms. The third-order valence-electron chi connectivity index (χ3n) is 4.87. The Kier molecular flexibility index (Phi) is 2.69. The Bertz CT molecular complexity index is 635. The van der Waals surface area contributed by atoms with Gasteiger partial charge in [-0.3, -0.25) is 0 Å². The molecule has 3 heteroatoms. The van der Waals surface area contributed by atoms with Crippen LogP contribution in [0.3, 0.4) is 0 Å². The highest BCUT2D eigenvalue weighted by atomic mass is 35.5. The number of rotatable bonds is 1. The lowest BCUT2D eigenvalue weighted by Crippen LogP contribution is -2.56. The average Bonchev–Trinajstić information content (AvgIpc) is 2.50. The number of hydrogen-bond donors (Lipinski definition) is 1. The van der Waals surface area contributed by atoms with Crippen molar-refractivity contribution in [1.29, 1.82) is 0 Å². The van der Waals surface area contributed by atoms with Gasteiger partial charge in [0.05, 0.1) is 22.8 Å². The number of benzene rings is 2. The molecule has 3 aliphatic carbocycles. The first-order valence-electron chi connectivity index (χ1n) is 6.79. The fourth-order valence-corrected chi connectivity index (χ4v) is 4.94. The third kappa shape index (κ3) is 1.29. The molecule has 2 bridgehead atoms. The molecule has 2 aromatic carbocycles. The molecule has 0 aliphatic heterocycles. The van der Waals surface area contributed by atoms with Crippen LogP contribution in [0.4, 0.5) is 0 Å². The molecule has 0 saturated carbocycles. The second-order valence-corrected chi connectivity index (χ2v) is 6.60. The molecule has 102 valence electrons. The van der Waals surface area contributed by atoms with Crippen LogP contribution in [0, 0.1) is 0 Å². The number of fused-ring (bicyclic) bond motifs is 1. The number of halogens is 2. The van der Waals surface area contributed by atoms with Gasteiger partial charge in [-0.1, -0.05) is 48.5 Å². The van der Waals surface area contributed by atoms with Crippen molar-refractivity contribution in [3.63, 3.8) is 0 Å². The van der Waals surface area contributed by atoms with Gasteiger partial charge >= 0.3 is 0 Å². The lowest BCUT2D eigenvalue weighted by molar-refractivity contribution is 0.195. The second kappa shape index (κ2) is 4.24. The van der Waals surface area contributed by atoms with Crippen molar-refractivity contribution in [2.24, 2.45) is 0 Å². The van der Waals surface area contributed by atoms with Crippen LogP contribution in [-0.4, -0.2) is 22.5 Å². The Morgan fingerprint density at radius 2 is 1.40 bits per heavy atom. The highest BCUT2D eigenvalue weighted by Crippen LogP contribution is 2.59. The van der Waals surface area contributed by atoms with Gasteiger partial charge < -0.3 is 5.11 Å². The first-order valence-corrected chi connectivity index (χ1v) is 7.67. The first-order chi connectivity index (χ1) is 9.71. The van der Waals surface area contributed by atoms with Crippen molar-refractivity contribution >= 4 is 23.2 Å². The maximum Gasteiger partial charge on any atom is 0.0668 e. The van der Waals surface area contributed by atoms with E-state index in [4.69, 9.17) is 23.2 Å². The van der Waals surface area contributed by atoms with Crippen LogP contribution in [-0.2, 0) is 5.41 Å². The van der Waals surface area contributed by atoms with E-state index in [-0.39, 0.29) is 23.3 Å². The zero-order valence-electron chi connectivity index (χ0n) is 10.8. The molecule has 0 aromatic heterocycles. The minimum atomic E-state index is -0.587. The summed E-state index contributed by atoms with van der Waals surface area (Å²) < 4.78 is 0. The number of hydrogen-bond acceptors (Lipinski definition) is 1. The summed E-state index contributed by atoms with van der Waals surface area (Å²) in [7, 11) is 0. The van der Waals surface area contributed by atoms with Crippen LogP contribution >= 0.6 is 23.2 Å². The summed E-state index contributed by atoms with van der Waals surface area (Å²) in [6.45, 7) is -0.0227. The molecule has 1 N–H and O–H groups in total. The van der Waals surface area contributed by atoms with E-state index in [9.17, 15) is 5.11 Å². The zero-order valence-corrected chi connectivity index (χ0v) is 12.3. The molecule has 3 aliphatic rings. The van der Waals surface area contributed by atoms with E-state index in [0.29, 0.717) is 0 Å². The molecule has 0 heterocycles. The zero-order chi connectivity index (χ0) is 13.9. The minimum Gasteiger partial charge on any atom is -0.395 e. The summed E-state index contributed by atoms with van der Waals surface area (Å²) in [4.78, 5) is 0. The standard InChI is InChI=1S/C17H14Cl2O/c18-15-14-10-5-1-3-7-12(10)17(9-20,16(15)19)13-8-4-2-6-11(13)14/h1-8,14-16,20H,9H2/t14?,15-,16+,17?/m1/s1. The topological polar surface area (TPSA) is 20.2 Å². The molecule has 0 fully saturated rings. The average molecular weight is 305 g/mol. The van der Waals surface area contributed by atoms with Crippen LogP contribution in [0.5, 0.6) is 0 Å². The van der Waals surface area contributed by atoms with E-state index in [1.54, 1.807) is 0 Å². The van der Waals surface area contributed by atoms with E-state index < -0.39 is 5.41 Å². The first kappa shape index (κ1) is 12.7. The van der Waals surface area contributed by atoms with Crippen LogP contribution in [0.15, 0.2) is 48.5 Å². The molecule has 0 unspecified atom stereocenters. The van der Waals surface area contributed by atoms with Crippen molar-refractivity contribution in [2.45, 2.75) is 22.1 Å². The van der Waals surface area contributed by atoms with Crippen molar-refractivity contribution < 1.29 is 5.11 Å². The fourth-order valence-electron chi connectivity index (χ4n) is 4.00. The number of aliphatic hydroxyl groups excluding tert-OH is 1. The minimum absolute atomic E-state index is 0.0227. The van der Waals surface area contributed by atoms with Crippen molar-refractivity contribution in [1.82, 2.24) is 0 Å².